The topological polar surface area (TPSA) is 74.6 Å². The second kappa shape index (κ2) is 59.9. The SMILES string of the molecule is CCCC.CCCC.CCCCCCCCCCCCCCCCCC(=O)O.CCCCCCCCCCCCCCCCCC(=O)O.[Sn]. The molecule has 0 aromatic carbocycles. The van der Waals surface area contributed by atoms with Crippen LogP contribution < -0.4 is 0 Å². The first kappa shape index (κ1) is 58.1. The molecule has 296 valence electrons. The number of aliphatic carboxylic acids is 2. The number of hydrogen-bond acceptors (Lipinski definition) is 2. The van der Waals surface area contributed by atoms with E-state index in [-0.39, 0.29) is 23.9 Å². The number of carboxylic acids is 2. The number of rotatable bonds is 34. The molecule has 0 aliphatic heterocycles. The molecule has 0 saturated carbocycles. The Bertz CT molecular complexity index is 503. The van der Waals surface area contributed by atoms with Crippen LogP contribution in [-0.4, -0.2) is 46.1 Å². The fourth-order valence-corrected chi connectivity index (χ4v) is 5.30. The summed E-state index contributed by atoms with van der Waals surface area (Å²) in [6.07, 6.45) is 45.7. The van der Waals surface area contributed by atoms with E-state index in [0.717, 1.165) is 25.7 Å². The fourth-order valence-electron chi connectivity index (χ4n) is 5.30. The Hall–Kier alpha value is -0.261. The summed E-state index contributed by atoms with van der Waals surface area (Å²) in [5.41, 5.74) is 0. The van der Waals surface area contributed by atoms with E-state index in [1.54, 1.807) is 0 Å². The van der Waals surface area contributed by atoms with Crippen LogP contribution in [0.5, 0.6) is 0 Å². The smallest absolute Gasteiger partial charge is 0.303 e. The molecule has 0 heterocycles. The van der Waals surface area contributed by atoms with Gasteiger partial charge in [-0.05, 0) is 12.8 Å². The molecule has 49 heavy (non-hydrogen) atoms. The van der Waals surface area contributed by atoms with Gasteiger partial charge in [-0.2, -0.15) is 0 Å². The van der Waals surface area contributed by atoms with Crippen molar-refractivity contribution in [2.45, 2.75) is 273 Å². The molecule has 0 bridgehead atoms. The Labute approximate surface area is 326 Å². The molecule has 0 unspecified atom stereocenters. The van der Waals surface area contributed by atoms with E-state index < -0.39 is 11.9 Å². The Kier molecular flexibility index (Phi) is 70.9. The third kappa shape index (κ3) is 78.2. The Morgan fingerprint density at radius 1 is 0.265 bits per heavy atom. The van der Waals surface area contributed by atoms with Gasteiger partial charge in [0, 0.05) is 36.7 Å². The summed E-state index contributed by atoms with van der Waals surface area (Å²) in [7, 11) is 0. The van der Waals surface area contributed by atoms with E-state index in [0.29, 0.717) is 12.8 Å². The van der Waals surface area contributed by atoms with E-state index in [4.69, 9.17) is 10.2 Å². The minimum atomic E-state index is -0.653. The van der Waals surface area contributed by atoms with Crippen LogP contribution in [0.1, 0.15) is 273 Å². The van der Waals surface area contributed by atoms with Gasteiger partial charge in [-0.1, -0.05) is 247 Å². The molecule has 4 nitrogen and oxygen atoms in total. The zero-order valence-corrected chi connectivity index (χ0v) is 37.5. The van der Waals surface area contributed by atoms with Gasteiger partial charge in [0.1, 0.15) is 0 Å². The Morgan fingerprint density at radius 2 is 0.408 bits per heavy atom. The van der Waals surface area contributed by atoms with Crippen molar-refractivity contribution in [3.8, 4) is 0 Å². The summed E-state index contributed by atoms with van der Waals surface area (Å²) < 4.78 is 0. The largest absolute Gasteiger partial charge is 0.481 e. The molecule has 0 aliphatic carbocycles. The predicted octanol–water partition coefficient (Wildman–Crippen LogP) is 15.9. The molecule has 0 saturated heterocycles. The minimum Gasteiger partial charge on any atom is -0.481 e. The average molecular weight is 804 g/mol. The molecule has 0 aromatic heterocycles. The van der Waals surface area contributed by atoms with Gasteiger partial charge in [0.2, 0.25) is 0 Å². The van der Waals surface area contributed by atoms with Crippen molar-refractivity contribution in [1.29, 1.82) is 0 Å². The van der Waals surface area contributed by atoms with E-state index in [1.807, 2.05) is 0 Å². The van der Waals surface area contributed by atoms with E-state index >= 15 is 0 Å². The van der Waals surface area contributed by atoms with Crippen LogP contribution in [0.4, 0.5) is 0 Å². The Morgan fingerprint density at radius 3 is 0.531 bits per heavy atom. The van der Waals surface area contributed by atoms with Crippen LogP contribution in [0, 0.1) is 0 Å². The molecule has 0 spiro atoms. The number of carbonyl (C=O) groups is 2. The quantitative estimate of drug-likeness (QED) is 0.0502. The van der Waals surface area contributed by atoms with Gasteiger partial charge in [0.05, 0.1) is 0 Å². The van der Waals surface area contributed by atoms with Crippen molar-refractivity contribution in [2.24, 2.45) is 0 Å². The average Bonchev–Trinajstić information content (AvgIpc) is 3.08. The maximum absolute atomic E-state index is 10.3. The van der Waals surface area contributed by atoms with Crippen LogP contribution in [0.3, 0.4) is 0 Å². The van der Waals surface area contributed by atoms with Gasteiger partial charge in [-0.25, -0.2) is 0 Å². The van der Waals surface area contributed by atoms with Crippen LogP contribution in [0.15, 0.2) is 0 Å². The molecule has 4 radical (unpaired) electrons. The molecule has 0 atom stereocenters. The van der Waals surface area contributed by atoms with Crippen molar-refractivity contribution in [2.75, 3.05) is 0 Å². The number of carboxylic acid groups (broad SMARTS) is 2. The third-order valence-corrected chi connectivity index (χ3v) is 8.99. The van der Waals surface area contributed by atoms with Crippen molar-refractivity contribution in [1.82, 2.24) is 0 Å². The van der Waals surface area contributed by atoms with Crippen LogP contribution in [0.25, 0.3) is 0 Å². The summed E-state index contributed by atoms with van der Waals surface area (Å²) in [6.45, 7) is 13.3. The van der Waals surface area contributed by atoms with Gasteiger partial charge in [0.15, 0.2) is 0 Å². The second-order valence-electron chi connectivity index (χ2n) is 14.2. The molecule has 0 aliphatic rings. The van der Waals surface area contributed by atoms with Crippen molar-refractivity contribution in [3.05, 3.63) is 0 Å². The summed E-state index contributed by atoms with van der Waals surface area (Å²) in [5, 5.41) is 17.0. The molecular weight excluding hydrogens is 711 g/mol. The maximum atomic E-state index is 10.3. The number of hydrogen-bond donors (Lipinski definition) is 2. The standard InChI is InChI=1S/2C18H36O2.2C4H10.Sn/c2*1-2-3-4-5-6-7-8-9-10-11-12-13-14-15-16-17-18(19)20;2*1-3-4-2;/h2*2-17H2,1H3,(H,19,20);2*3-4H2,1-2H3;. The monoisotopic (exact) mass is 805 g/mol. The van der Waals surface area contributed by atoms with Crippen molar-refractivity contribution < 1.29 is 19.8 Å². The van der Waals surface area contributed by atoms with Gasteiger partial charge < -0.3 is 10.2 Å². The van der Waals surface area contributed by atoms with Crippen LogP contribution in [-0.2, 0) is 9.59 Å². The first-order chi connectivity index (χ1) is 23.4. The Balaban J connectivity index is -0.000000212. The summed E-state index contributed by atoms with van der Waals surface area (Å²) in [6, 6.07) is 0. The third-order valence-electron chi connectivity index (χ3n) is 8.99. The molecule has 5 heteroatoms. The summed E-state index contributed by atoms with van der Waals surface area (Å²) >= 11 is 0. The van der Waals surface area contributed by atoms with Crippen LogP contribution in [0.2, 0.25) is 0 Å². The van der Waals surface area contributed by atoms with Crippen molar-refractivity contribution in [3.63, 3.8) is 0 Å². The van der Waals surface area contributed by atoms with E-state index in [9.17, 15) is 9.59 Å². The molecule has 0 amide bonds. The van der Waals surface area contributed by atoms with Gasteiger partial charge >= 0.3 is 11.9 Å². The normalized spacial score (nSPS) is 10.1. The molecule has 0 fully saturated rings. The van der Waals surface area contributed by atoms with Gasteiger partial charge in [0.25, 0.3) is 0 Å². The summed E-state index contributed by atoms with van der Waals surface area (Å²) in [4.78, 5) is 20.7. The molecule has 2 N–H and O–H groups in total. The number of unbranched alkanes of at least 4 members (excludes halogenated alkanes) is 30. The second-order valence-corrected chi connectivity index (χ2v) is 14.2. The predicted molar refractivity (Wildman–Crippen MR) is 221 cm³/mol. The molecule has 0 rings (SSSR count). The van der Waals surface area contributed by atoms with Crippen LogP contribution >= 0.6 is 0 Å². The molecule has 0 aromatic rings. The van der Waals surface area contributed by atoms with E-state index in [1.165, 1.54) is 193 Å². The molecular formula is C44H92O4Sn. The zero-order valence-electron chi connectivity index (χ0n) is 34.7. The van der Waals surface area contributed by atoms with Gasteiger partial charge in [-0.3, -0.25) is 9.59 Å². The fraction of sp³-hybridized carbons (Fsp3) is 0.955. The van der Waals surface area contributed by atoms with E-state index in [2.05, 4.69) is 41.5 Å². The maximum Gasteiger partial charge on any atom is 0.303 e. The first-order valence-corrected chi connectivity index (χ1v) is 21.8. The van der Waals surface area contributed by atoms with Gasteiger partial charge in [-0.15, -0.1) is 0 Å². The summed E-state index contributed by atoms with van der Waals surface area (Å²) in [5.74, 6) is -1.31. The van der Waals surface area contributed by atoms with Crippen molar-refractivity contribution >= 4 is 35.8 Å². The zero-order chi connectivity index (χ0) is 36.6. The minimum absolute atomic E-state index is 0. The first-order valence-electron chi connectivity index (χ1n) is 21.8.